The van der Waals surface area contributed by atoms with Crippen molar-refractivity contribution in [2.75, 3.05) is 27.2 Å². The van der Waals surface area contributed by atoms with E-state index in [-0.39, 0.29) is 0 Å². The Hall–Kier alpha value is -0.940. The molecule has 5 nitrogen and oxygen atoms in total. The van der Waals surface area contributed by atoms with Crippen LogP contribution in [0.2, 0.25) is 0 Å². The first-order valence-electron chi connectivity index (χ1n) is 4.52. The second kappa shape index (κ2) is 3.43. The molecule has 1 aliphatic rings. The Bertz CT molecular complexity index is 256. The third-order valence-electron chi connectivity index (χ3n) is 2.60. The Kier molecular flexibility index (Phi) is 2.28. The molecular formula is C8H15N5. The Morgan fingerprint density at radius 1 is 1.46 bits per heavy atom. The van der Waals surface area contributed by atoms with Gasteiger partial charge in [0.2, 0.25) is 0 Å². The highest BCUT2D eigenvalue weighted by Crippen LogP contribution is 2.17. The van der Waals surface area contributed by atoms with E-state index < -0.39 is 0 Å². The molecule has 0 amide bonds. The third kappa shape index (κ3) is 1.57. The zero-order valence-electron chi connectivity index (χ0n) is 8.01. The van der Waals surface area contributed by atoms with Crippen molar-refractivity contribution in [1.82, 2.24) is 25.2 Å². The number of nitrogens with zero attached hydrogens (tertiary/aromatic N) is 4. The summed E-state index contributed by atoms with van der Waals surface area (Å²) in [6, 6.07) is 0.930. The zero-order valence-corrected chi connectivity index (χ0v) is 8.01. The number of rotatable bonds is 2. The number of aromatic nitrogens is 3. The van der Waals surface area contributed by atoms with Crippen LogP contribution >= 0.6 is 0 Å². The van der Waals surface area contributed by atoms with Crippen LogP contribution in [0.25, 0.3) is 0 Å². The molecule has 2 atom stereocenters. The minimum Gasteiger partial charge on any atom is -0.313 e. The molecule has 0 aliphatic carbocycles. The van der Waals surface area contributed by atoms with Crippen molar-refractivity contribution in [2.45, 2.75) is 12.1 Å². The molecule has 0 unspecified atom stereocenters. The first-order chi connectivity index (χ1) is 6.29. The highest BCUT2D eigenvalue weighted by molar-refractivity contribution is 4.90. The van der Waals surface area contributed by atoms with Gasteiger partial charge >= 0.3 is 0 Å². The summed E-state index contributed by atoms with van der Waals surface area (Å²) >= 11 is 0. The molecule has 0 saturated carbocycles. The molecular weight excluding hydrogens is 166 g/mol. The number of nitrogens with one attached hydrogen (secondary N) is 1. The quantitative estimate of drug-likeness (QED) is 0.659. The number of likely N-dealkylation sites (N-methyl/N-ethyl adjacent to an activating group) is 1. The van der Waals surface area contributed by atoms with Gasteiger partial charge in [-0.15, -0.1) is 5.10 Å². The molecule has 0 spiro atoms. The van der Waals surface area contributed by atoms with E-state index in [2.05, 4.69) is 34.6 Å². The first kappa shape index (κ1) is 8.65. The first-order valence-corrected chi connectivity index (χ1v) is 4.52. The molecule has 1 fully saturated rings. The van der Waals surface area contributed by atoms with Gasteiger partial charge in [0.05, 0.1) is 12.2 Å². The van der Waals surface area contributed by atoms with Gasteiger partial charge in [-0.2, -0.15) is 0 Å². The van der Waals surface area contributed by atoms with E-state index in [0.29, 0.717) is 12.1 Å². The topological polar surface area (TPSA) is 46.0 Å². The van der Waals surface area contributed by atoms with Crippen LogP contribution in [0.15, 0.2) is 12.4 Å². The van der Waals surface area contributed by atoms with Crippen molar-refractivity contribution in [3.05, 3.63) is 12.4 Å². The van der Waals surface area contributed by atoms with Gasteiger partial charge in [0.1, 0.15) is 0 Å². The van der Waals surface area contributed by atoms with Crippen molar-refractivity contribution < 1.29 is 0 Å². The van der Waals surface area contributed by atoms with E-state index in [0.717, 1.165) is 13.1 Å². The van der Waals surface area contributed by atoms with E-state index in [1.165, 1.54) is 0 Å². The summed E-state index contributed by atoms with van der Waals surface area (Å²) in [6.45, 7) is 2.00. The van der Waals surface area contributed by atoms with Crippen LogP contribution < -0.4 is 5.32 Å². The summed E-state index contributed by atoms with van der Waals surface area (Å²) in [5.74, 6) is 0. The Balaban J connectivity index is 2.14. The largest absolute Gasteiger partial charge is 0.313 e. The van der Waals surface area contributed by atoms with Crippen LogP contribution in [0.3, 0.4) is 0 Å². The fraction of sp³-hybridized carbons (Fsp3) is 0.750. The molecule has 13 heavy (non-hydrogen) atoms. The van der Waals surface area contributed by atoms with Gasteiger partial charge in [0.25, 0.3) is 0 Å². The van der Waals surface area contributed by atoms with Gasteiger partial charge in [-0.3, -0.25) is 0 Å². The van der Waals surface area contributed by atoms with E-state index in [1.807, 2.05) is 10.9 Å². The number of hydrogen-bond acceptors (Lipinski definition) is 4. The normalized spacial score (nSPS) is 28.5. The Labute approximate surface area is 77.7 Å². The standard InChI is InChI=1S/C8H15N5/c1-12(2)7-5-9-6-8(7)13-4-3-10-11-13/h3-4,7-9H,5-6H2,1-2H3/t7-,8-/m1/s1. The molecule has 0 bridgehead atoms. The van der Waals surface area contributed by atoms with Gasteiger partial charge in [-0.25, -0.2) is 4.68 Å². The monoisotopic (exact) mass is 181 g/mol. The summed E-state index contributed by atoms with van der Waals surface area (Å²) in [4.78, 5) is 2.23. The van der Waals surface area contributed by atoms with Crippen molar-refractivity contribution in [1.29, 1.82) is 0 Å². The summed E-state index contributed by atoms with van der Waals surface area (Å²) in [5.41, 5.74) is 0. The maximum Gasteiger partial charge on any atom is 0.0828 e. The number of hydrogen-bond donors (Lipinski definition) is 1. The summed E-state index contributed by atoms with van der Waals surface area (Å²) in [7, 11) is 4.20. The predicted molar refractivity (Wildman–Crippen MR) is 49.4 cm³/mol. The molecule has 1 aromatic heterocycles. The Morgan fingerprint density at radius 3 is 2.92 bits per heavy atom. The maximum atomic E-state index is 4.03. The van der Waals surface area contributed by atoms with Gasteiger partial charge < -0.3 is 10.2 Å². The summed E-state index contributed by atoms with van der Waals surface area (Å²) < 4.78 is 1.94. The fourth-order valence-electron chi connectivity index (χ4n) is 1.84. The molecule has 1 saturated heterocycles. The molecule has 5 heteroatoms. The lowest BCUT2D eigenvalue weighted by Gasteiger charge is -2.24. The van der Waals surface area contributed by atoms with Crippen LogP contribution in [0.1, 0.15) is 6.04 Å². The lowest BCUT2D eigenvalue weighted by Crippen LogP contribution is -2.36. The maximum absolute atomic E-state index is 4.03. The highest BCUT2D eigenvalue weighted by Gasteiger charge is 2.30. The second-order valence-electron chi connectivity index (χ2n) is 3.64. The van der Waals surface area contributed by atoms with Crippen LogP contribution in [-0.4, -0.2) is 53.1 Å². The highest BCUT2D eigenvalue weighted by atomic mass is 15.4. The van der Waals surface area contributed by atoms with Gasteiger partial charge in [-0.1, -0.05) is 5.21 Å². The van der Waals surface area contributed by atoms with Gasteiger partial charge in [-0.05, 0) is 14.1 Å². The van der Waals surface area contributed by atoms with Crippen LogP contribution in [-0.2, 0) is 0 Å². The molecule has 1 aromatic rings. The molecule has 2 heterocycles. The molecule has 0 aromatic carbocycles. The van der Waals surface area contributed by atoms with Crippen molar-refractivity contribution in [3.63, 3.8) is 0 Å². The molecule has 72 valence electrons. The van der Waals surface area contributed by atoms with Crippen LogP contribution in [0.4, 0.5) is 0 Å². The molecule has 1 aliphatic heterocycles. The minimum absolute atomic E-state index is 0.414. The molecule has 1 N–H and O–H groups in total. The lowest BCUT2D eigenvalue weighted by molar-refractivity contribution is 0.243. The molecule has 0 radical (unpaired) electrons. The van der Waals surface area contributed by atoms with Crippen LogP contribution in [0.5, 0.6) is 0 Å². The Morgan fingerprint density at radius 2 is 2.31 bits per heavy atom. The van der Waals surface area contributed by atoms with Crippen molar-refractivity contribution in [3.8, 4) is 0 Å². The van der Waals surface area contributed by atoms with E-state index in [4.69, 9.17) is 0 Å². The van der Waals surface area contributed by atoms with E-state index >= 15 is 0 Å². The average molecular weight is 181 g/mol. The van der Waals surface area contributed by atoms with Crippen molar-refractivity contribution >= 4 is 0 Å². The van der Waals surface area contributed by atoms with E-state index in [9.17, 15) is 0 Å². The molecule has 2 rings (SSSR count). The van der Waals surface area contributed by atoms with E-state index in [1.54, 1.807) is 6.20 Å². The predicted octanol–water partition coefficient (Wildman–Crippen LogP) is -0.647. The van der Waals surface area contributed by atoms with Gasteiger partial charge in [0, 0.05) is 25.3 Å². The van der Waals surface area contributed by atoms with Crippen LogP contribution in [0, 0.1) is 0 Å². The smallest absolute Gasteiger partial charge is 0.0828 e. The fourth-order valence-corrected chi connectivity index (χ4v) is 1.84. The van der Waals surface area contributed by atoms with Gasteiger partial charge in [0.15, 0.2) is 0 Å². The second-order valence-corrected chi connectivity index (χ2v) is 3.64. The minimum atomic E-state index is 0.414. The van der Waals surface area contributed by atoms with Crippen molar-refractivity contribution in [2.24, 2.45) is 0 Å². The third-order valence-corrected chi connectivity index (χ3v) is 2.60. The lowest BCUT2D eigenvalue weighted by atomic mass is 10.1. The summed E-state index contributed by atoms with van der Waals surface area (Å²) in [6.07, 6.45) is 3.65. The SMILES string of the molecule is CN(C)[C@@H]1CNC[C@H]1n1ccnn1. The zero-order chi connectivity index (χ0) is 9.26. The summed E-state index contributed by atoms with van der Waals surface area (Å²) in [5, 5.41) is 11.2. The average Bonchev–Trinajstić information content (AvgIpc) is 2.74.